The van der Waals surface area contributed by atoms with Crippen molar-refractivity contribution in [2.24, 2.45) is 0 Å². The first-order chi connectivity index (χ1) is 12.2. The Hall–Kier alpha value is -3.09. The van der Waals surface area contributed by atoms with Crippen LogP contribution in [0.3, 0.4) is 0 Å². The maximum atomic E-state index is 11.6. The number of fused-ring (bicyclic) bond motifs is 3. The summed E-state index contributed by atoms with van der Waals surface area (Å²) in [5, 5.41) is 5.52. The van der Waals surface area contributed by atoms with Crippen LogP contribution in [0.4, 0.5) is 16.3 Å². The second-order valence-corrected chi connectivity index (χ2v) is 6.10. The lowest BCUT2D eigenvalue weighted by Crippen LogP contribution is -2.28. The standard InChI is InChI=1S/C18H20N6O/c1-2-20-18(25)23-11-6-8-12(9-7-11)24-14-5-3-4-13(14)15-16(24)17(19)22-10-21-15/h6-10H,2-5H2,1H3,(H2,19,21,22)(H2,20,23,25). The van der Waals surface area contributed by atoms with E-state index in [0.717, 1.165) is 41.7 Å². The van der Waals surface area contributed by atoms with Crippen molar-refractivity contribution >= 4 is 28.6 Å². The Labute approximate surface area is 145 Å². The Morgan fingerprint density at radius 3 is 2.80 bits per heavy atom. The molecule has 2 heterocycles. The first kappa shape index (κ1) is 15.4. The highest BCUT2D eigenvalue weighted by Gasteiger charge is 2.24. The summed E-state index contributed by atoms with van der Waals surface area (Å²) in [7, 11) is 0. The molecule has 2 amide bonds. The molecule has 4 rings (SSSR count). The third-order valence-electron chi connectivity index (χ3n) is 4.54. The van der Waals surface area contributed by atoms with E-state index in [4.69, 9.17) is 5.73 Å². The summed E-state index contributed by atoms with van der Waals surface area (Å²) in [6, 6.07) is 7.52. The number of nitrogens with zero attached hydrogens (tertiary/aromatic N) is 3. The molecule has 7 heteroatoms. The lowest BCUT2D eigenvalue weighted by Gasteiger charge is -2.12. The zero-order valence-electron chi connectivity index (χ0n) is 14.0. The summed E-state index contributed by atoms with van der Waals surface area (Å²) in [6.45, 7) is 2.47. The fourth-order valence-corrected chi connectivity index (χ4v) is 3.51. The van der Waals surface area contributed by atoms with Gasteiger partial charge in [-0.15, -0.1) is 0 Å². The largest absolute Gasteiger partial charge is 0.382 e. The summed E-state index contributed by atoms with van der Waals surface area (Å²) in [4.78, 5) is 20.3. The number of carbonyl (C=O) groups is 1. The van der Waals surface area contributed by atoms with Gasteiger partial charge in [0.2, 0.25) is 0 Å². The average Bonchev–Trinajstić information content (AvgIpc) is 3.18. The second kappa shape index (κ2) is 6.08. The minimum Gasteiger partial charge on any atom is -0.382 e. The number of benzene rings is 1. The molecule has 25 heavy (non-hydrogen) atoms. The molecule has 1 aliphatic carbocycles. The van der Waals surface area contributed by atoms with E-state index in [0.29, 0.717) is 12.4 Å². The zero-order valence-corrected chi connectivity index (χ0v) is 14.0. The number of nitrogens with two attached hydrogens (primary N) is 1. The Kier molecular flexibility index (Phi) is 3.76. The second-order valence-electron chi connectivity index (χ2n) is 6.10. The summed E-state index contributed by atoms with van der Waals surface area (Å²) < 4.78 is 2.16. The summed E-state index contributed by atoms with van der Waals surface area (Å²) in [5.41, 5.74) is 12.2. The fraction of sp³-hybridized carbons (Fsp3) is 0.278. The summed E-state index contributed by atoms with van der Waals surface area (Å²) in [6.07, 6.45) is 4.68. The molecule has 0 aliphatic heterocycles. The number of aromatic nitrogens is 3. The molecule has 0 unspecified atom stereocenters. The van der Waals surface area contributed by atoms with Crippen LogP contribution in [0, 0.1) is 0 Å². The van der Waals surface area contributed by atoms with E-state index in [2.05, 4.69) is 25.2 Å². The van der Waals surface area contributed by atoms with Crippen molar-refractivity contribution < 1.29 is 4.79 Å². The van der Waals surface area contributed by atoms with Crippen LogP contribution >= 0.6 is 0 Å². The third kappa shape index (κ3) is 2.57. The van der Waals surface area contributed by atoms with Crippen LogP contribution < -0.4 is 16.4 Å². The molecule has 1 aliphatic rings. The van der Waals surface area contributed by atoms with Crippen LogP contribution in [0.1, 0.15) is 24.6 Å². The van der Waals surface area contributed by atoms with E-state index in [-0.39, 0.29) is 6.03 Å². The highest BCUT2D eigenvalue weighted by molar-refractivity contribution is 5.92. The predicted octanol–water partition coefficient (Wildman–Crippen LogP) is 2.63. The lowest BCUT2D eigenvalue weighted by molar-refractivity contribution is 0.252. The quantitative estimate of drug-likeness (QED) is 0.685. The molecule has 4 N–H and O–H groups in total. The van der Waals surface area contributed by atoms with Gasteiger partial charge in [0.1, 0.15) is 11.8 Å². The van der Waals surface area contributed by atoms with Crippen molar-refractivity contribution in [3.05, 3.63) is 41.9 Å². The number of hydrogen-bond donors (Lipinski definition) is 3. The number of aryl methyl sites for hydroxylation is 1. The molecule has 0 saturated heterocycles. The van der Waals surface area contributed by atoms with Gasteiger partial charge in [0.15, 0.2) is 5.82 Å². The molecule has 0 saturated carbocycles. The third-order valence-corrected chi connectivity index (χ3v) is 4.54. The van der Waals surface area contributed by atoms with Crippen LogP contribution in [0.25, 0.3) is 16.7 Å². The van der Waals surface area contributed by atoms with Gasteiger partial charge in [-0.25, -0.2) is 14.8 Å². The highest BCUT2D eigenvalue weighted by atomic mass is 16.2. The Morgan fingerprint density at radius 1 is 1.24 bits per heavy atom. The van der Waals surface area contributed by atoms with Crippen LogP contribution in [-0.2, 0) is 12.8 Å². The molecule has 7 nitrogen and oxygen atoms in total. The minimum absolute atomic E-state index is 0.208. The molecule has 3 aromatic rings. The van der Waals surface area contributed by atoms with E-state index in [1.807, 2.05) is 31.2 Å². The number of urea groups is 1. The van der Waals surface area contributed by atoms with Crippen LogP contribution in [0.2, 0.25) is 0 Å². The summed E-state index contributed by atoms with van der Waals surface area (Å²) >= 11 is 0. The minimum atomic E-state index is -0.208. The van der Waals surface area contributed by atoms with E-state index < -0.39 is 0 Å². The molecule has 0 bridgehead atoms. The van der Waals surface area contributed by atoms with Gasteiger partial charge in [0.05, 0.1) is 5.52 Å². The molecule has 0 atom stereocenters. The molecule has 0 fully saturated rings. The summed E-state index contributed by atoms with van der Waals surface area (Å²) in [5.74, 6) is 0.490. The zero-order chi connectivity index (χ0) is 17.4. The topological polar surface area (TPSA) is 97.9 Å². The van der Waals surface area contributed by atoms with Crippen molar-refractivity contribution in [1.82, 2.24) is 19.9 Å². The van der Waals surface area contributed by atoms with Gasteiger partial charge in [0.25, 0.3) is 0 Å². The smallest absolute Gasteiger partial charge is 0.319 e. The number of anilines is 2. The van der Waals surface area contributed by atoms with E-state index in [9.17, 15) is 4.79 Å². The van der Waals surface area contributed by atoms with Gasteiger partial charge in [-0.1, -0.05) is 0 Å². The van der Waals surface area contributed by atoms with E-state index >= 15 is 0 Å². The van der Waals surface area contributed by atoms with Crippen molar-refractivity contribution in [3.63, 3.8) is 0 Å². The molecular formula is C18H20N6O. The number of carbonyl (C=O) groups excluding carboxylic acids is 1. The van der Waals surface area contributed by atoms with Gasteiger partial charge in [-0.3, -0.25) is 0 Å². The van der Waals surface area contributed by atoms with Crippen molar-refractivity contribution in [1.29, 1.82) is 0 Å². The maximum Gasteiger partial charge on any atom is 0.319 e. The van der Waals surface area contributed by atoms with Gasteiger partial charge < -0.3 is 20.9 Å². The maximum absolute atomic E-state index is 11.6. The molecule has 128 valence electrons. The van der Waals surface area contributed by atoms with E-state index in [1.165, 1.54) is 17.6 Å². The Balaban J connectivity index is 1.77. The lowest BCUT2D eigenvalue weighted by atomic mass is 10.2. The van der Waals surface area contributed by atoms with Gasteiger partial charge in [0, 0.05) is 23.6 Å². The number of nitrogens with one attached hydrogen (secondary N) is 2. The Morgan fingerprint density at radius 2 is 2.04 bits per heavy atom. The number of nitrogen functional groups attached to an aromatic ring is 1. The SMILES string of the molecule is CCNC(=O)Nc1ccc(-n2c3c(c4ncnc(N)c42)CCC3)cc1. The van der Waals surface area contributed by atoms with Crippen molar-refractivity contribution in [2.45, 2.75) is 26.2 Å². The highest BCUT2D eigenvalue weighted by Crippen LogP contribution is 2.36. The molecular weight excluding hydrogens is 316 g/mol. The number of amides is 2. The predicted molar refractivity (Wildman–Crippen MR) is 98.0 cm³/mol. The normalized spacial score (nSPS) is 13.0. The molecule has 0 radical (unpaired) electrons. The Bertz CT molecular complexity index is 944. The van der Waals surface area contributed by atoms with E-state index in [1.54, 1.807) is 0 Å². The van der Waals surface area contributed by atoms with Gasteiger partial charge in [-0.05, 0) is 56.0 Å². The van der Waals surface area contributed by atoms with Gasteiger partial charge in [-0.2, -0.15) is 0 Å². The first-order valence-electron chi connectivity index (χ1n) is 8.47. The average molecular weight is 336 g/mol. The molecule has 1 aromatic carbocycles. The van der Waals surface area contributed by atoms with Crippen LogP contribution in [0.5, 0.6) is 0 Å². The fourth-order valence-electron chi connectivity index (χ4n) is 3.51. The molecule has 0 spiro atoms. The first-order valence-corrected chi connectivity index (χ1v) is 8.47. The number of rotatable bonds is 3. The van der Waals surface area contributed by atoms with Crippen molar-refractivity contribution in [2.75, 3.05) is 17.6 Å². The van der Waals surface area contributed by atoms with Crippen LogP contribution in [0.15, 0.2) is 30.6 Å². The van der Waals surface area contributed by atoms with Gasteiger partial charge >= 0.3 is 6.03 Å². The molecule has 2 aromatic heterocycles. The van der Waals surface area contributed by atoms with Crippen LogP contribution in [-0.4, -0.2) is 27.1 Å². The monoisotopic (exact) mass is 336 g/mol. The van der Waals surface area contributed by atoms with Crippen molar-refractivity contribution in [3.8, 4) is 5.69 Å². The number of hydrogen-bond acceptors (Lipinski definition) is 4.